The fraction of sp³-hybridized carbons (Fsp3) is 0.200. The Balaban J connectivity index is 2.11. The molecule has 1 heterocycles. The molecule has 0 saturated carbocycles. The molecular formula is C15H13FN2O3. The van der Waals surface area contributed by atoms with E-state index in [0.29, 0.717) is 17.7 Å². The monoisotopic (exact) mass is 288 g/mol. The summed E-state index contributed by atoms with van der Waals surface area (Å²) in [5, 5.41) is 14.6. The molecule has 1 aromatic heterocycles. The fourth-order valence-electron chi connectivity index (χ4n) is 1.57. The van der Waals surface area contributed by atoms with Gasteiger partial charge in [0.1, 0.15) is 5.82 Å². The number of nitrogens with one attached hydrogen (secondary N) is 1. The summed E-state index contributed by atoms with van der Waals surface area (Å²) in [6, 6.07) is 5.67. The number of benzene rings is 1. The van der Waals surface area contributed by atoms with Crippen LogP contribution >= 0.6 is 0 Å². The first-order valence-electron chi connectivity index (χ1n) is 6.24. The summed E-state index contributed by atoms with van der Waals surface area (Å²) in [6.07, 6.45) is 0.324. The second kappa shape index (κ2) is 6.68. The molecule has 0 fully saturated rings. The molecule has 21 heavy (non-hydrogen) atoms. The molecule has 0 aliphatic rings. The van der Waals surface area contributed by atoms with Crippen molar-refractivity contribution < 1.29 is 18.8 Å². The summed E-state index contributed by atoms with van der Waals surface area (Å²) in [5.74, 6) is 4.24. The fourth-order valence-corrected chi connectivity index (χ4v) is 1.57. The lowest BCUT2D eigenvalue weighted by molar-refractivity contribution is 0.0987. The number of amides is 1. The molecule has 1 amide bonds. The lowest BCUT2D eigenvalue weighted by Crippen LogP contribution is -2.12. The van der Waals surface area contributed by atoms with E-state index in [4.69, 9.17) is 9.63 Å². The van der Waals surface area contributed by atoms with E-state index in [2.05, 4.69) is 22.3 Å². The molecule has 0 atom stereocenters. The highest BCUT2D eigenvalue weighted by Crippen LogP contribution is 2.16. The lowest BCUT2D eigenvalue weighted by Gasteiger charge is -2.04. The van der Waals surface area contributed by atoms with Crippen LogP contribution in [0.4, 0.5) is 10.1 Å². The van der Waals surface area contributed by atoms with E-state index < -0.39 is 11.7 Å². The van der Waals surface area contributed by atoms with Gasteiger partial charge >= 0.3 is 0 Å². The summed E-state index contributed by atoms with van der Waals surface area (Å²) >= 11 is 0. The highest BCUT2D eigenvalue weighted by Gasteiger charge is 2.13. The van der Waals surface area contributed by atoms with Crippen LogP contribution in [0.3, 0.4) is 0 Å². The van der Waals surface area contributed by atoms with Gasteiger partial charge in [-0.3, -0.25) is 4.79 Å². The van der Waals surface area contributed by atoms with Crippen molar-refractivity contribution in [3.63, 3.8) is 0 Å². The maximum Gasteiger partial charge on any atom is 0.294 e. The molecule has 0 aliphatic heterocycles. The van der Waals surface area contributed by atoms with E-state index in [1.165, 1.54) is 18.2 Å². The van der Waals surface area contributed by atoms with Gasteiger partial charge in [-0.05, 0) is 25.1 Å². The average molecular weight is 288 g/mol. The molecule has 0 saturated heterocycles. The Morgan fingerprint density at radius 1 is 1.48 bits per heavy atom. The van der Waals surface area contributed by atoms with E-state index in [-0.39, 0.29) is 18.1 Å². The Labute approximate surface area is 120 Å². The maximum atomic E-state index is 13.9. The zero-order valence-corrected chi connectivity index (χ0v) is 11.3. The maximum absolute atomic E-state index is 13.9. The normalized spacial score (nSPS) is 9.86. The van der Waals surface area contributed by atoms with Crippen LogP contribution in [0.25, 0.3) is 0 Å². The van der Waals surface area contributed by atoms with Gasteiger partial charge in [-0.1, -0.05) is 17.0 Å². The molecule has 2 aromatic rings. The van der Waals surface area contributed by atoms with Crippen molar-refractivity contribution in [1.29, 1.82) is 0 Å². The molecule has 1 aromatic carbocycles. The highest BCUT2D eigenvalue weighted by atomic mass is 19.1. The van der Waals surface area contributed by atoms with Gasteiger partial charge in [-0.25, -0.2) is 4.39 Å². The van der Waals surface area contributed by atoms with Crippen LogP contribution in [0.2, 0.25) is 0 Å². The second-order valence-electron chi connectivity index (χ2n) is 4.26. The zero-order chi connectivity index (χ0) is 15.2. The minimum atomic E-state index is -0.601. The number of hydrogen-bond donors (Lipinski definition) is 2. The zero-order valence-electron chi connectivity index (χ0n) is 11.3. The van der Waals surface area contributed by atoms with Crippen molar-refractivity contribution in [2.24, 2.45) is 0 Å². The standard InChI is InChI=1S/C15H13FN2O3/c1-10-8-14(21-18-10)15(20)17-13-6-5-11(9-12(13)16)4-2-3-7-19/h5-6,8-9,19H,3,7H2,1H3,(H,17,20). The molecule has 0 radical (unpaired) electrons. The van der Waals surface area contributed by atoms with Crippen LogP contribution in [0, 0.1) is 24.6 Å². The van der Waals surface area contributed by atoms with Crippen molar-refractivity contribution in [3.05, 3.63) is 47.1 Å². The van der Waals surface area contributed by atoms with Crippen LogP contribution < -0.4 is 5.32 Å². The first kappa shape index (κ1) is 14.8. The van der Waals surface area contributed by atoms with E-state index in [0.717, 1.165) is 0 Å². The van der Waals surface area contributed by atoms with Gasteiger partial charge in [0, 0.05) is 18.1 Å². The van der Waals surface area contributed by atoms with Crippen molar-refractivity contribution in [3.8, 4) is 11.8 Å². The number of rotatable bonds is 3. The number of aliphatic hydroxyl groups is 1. The first-order chi connectivity index (χ1) is 10.1. The van der Waals surface area contributed by atoms with Gasteiger partial charge in [0.15, 0.2) is 0 Å². The van der Waals surface area contributed by atoms with E-state index >= 15 is 0 Å². The third-order valence-electron chi connectivity index (χ3n) is 2.54. The van der Waals surface area contributed by atoms with Crippen LogP contribution in [0.1, 0.15) is 28.2 Å². The van der Waals surface area contributed by atoms with Crippen molar-refractivity contribution in [2.75, 3.05) is 11.9 Å². The Kier molecular flexibility index (Phi) is 4.69. The number of anilines is 1. The minimum absolute atomic E-state index is 0.0127. The molecular weight excluding hydrogens is 275 g/mol. The van der Waals surface area contributed by atoms with Crippen molar-refractivity contribution >= 4 is 11.6 Å². The quantitative estimate of drug-likeness (QED) is 0.848. The molecule has 108 valence electrons. The van der Waals surface area contributed by atoms with Gasteiger partial charge < -0.3 is 14.9 Å². The van der Waals surface area contributed by atoms with Gasteiger partial charge in [0.25, 0.3) is 5.91 Å². The minimum Gasteiger partial charge on any atom is -0.395 e. The van der Waals surface area contributed by atoms with Crippen molar-refractivity contribution in [1.82, 2.24) is 5.16 Å². The summed E-state index contributed by atoms with van der Waals surface area (Å²) in [6.45, 7) is 1.64. The van der Waals surface area contributed by atoms with Crippen LogP contribution in [0.5, 0.6) is 0 Å². The van der Waals surface area contributed by atoms with Gasteiger partial charge in [0.2, 0.25) is 5.76 Å². The van der Waals surface area contributed by atoms with E-state index in [9.17, 15) is 9.18 Å². The predicted molar refractivity (Wildman–Crippen MR) is 74.2 cm³/mol. The lowest BCUT2D eigenvalue weighted by atomic mass is 10.2. The smallest absolute Gasteiger partial charge is 0.294 e. The van der Waals surface area contributed by atoms with E-state index in [1.54, 1.807) is 13.0 Å². The Bertz CT molecular complexity index is 713. The van der Waals surface area contributed by atoms with Crippen molar-refractivity contribution in [2.45, 2.75) is 13.3 Å². The molecule has 0 bridgehead atoms. The summed E-state index contributed by atoms with van der Waals surface area (Å²) in [4.78, 5) is 11.8. The molecule has 6 heteroatoms. The third-order valence-corrected chi connectivity index (χ3v) is 2.54. The number of aryl methyl sites for hydroxylation is 1. The molecule has 0 unspecified atom stereocenters. The largest absolute Gasteiger partial charge is 0.395 e. The van der Waals surface area contributed by atoms with Crippen LogP contribution in [0.15, 0.2) is 28.8 Å². The number of carbonyl (C=O) groups is 1. The van der Waals surface area contributed by atoms with Gasteiger partial charge in [0.05, 0.1) is 18.0 Å². The summed E-state index contributed by atoms with van der Waals surface area (Å²) in [7, 11) is 0. The molecule has 2 rings (SSSR count). The Morgan fingerprint density at radius 2 is 2.29 bits per heavy atom. The number of hydrogen-bond acceptors (Lipinski definition) is 4. The highest BCUT2D eigenvalue weighted by molar-refractivity contribution is 6.02. The summed E-state index contributed by atoms with van der Waals surface area (Å²) in [5.41, 5.74) is 1.06. The van der Waals surface area contributed by atoms with Gasteiger partial charge in [-0.2, -0.15) is 0 Å². The Hall–Kier alpha value is -2.65. The van der Waals surface area contributed by atoms with E-state index in [1.807, 2.05) is 0 Å². The molecule has 5 nitrogen and oxygen atoms in total. The second-order valence-corrected chi connectivity index (χ2v) is 4.26. The number of aromatic nitrogens is 1. The number of nitrogens with zero attached hydrogens (tertiary/aromatic N) is 1. The molecule has 0 spiro atoms. The van der Waals surface area contributed by atoms with Crippen LogP contribution in [-0.4, -0.2) is 22.8 Å². The van der Waals surface area contributed by atoms with Crippen LogP contribution in [-0.2, 0) is 0 Å². The topological polar surface area (TPSA) is 75.4 Å². The Morgan fingerprint density at radius 3 is 2.90 bits per heavy atom. The average Bonchev–Trinajstić information content (AvgIpc) is 2.89. The predicted octanol–water partition coefficient (Wildman–Crippen LogP) is 2.11. The number of aliphatic hydroxyl groups excluding tert-OH is 1. The third kappa shape index (κ3) is 3.91. The SMILES string of the molecule is Cc1cc(C(=O)Nc2ccc(C#CCCO)cc2F)on1. The number of carbonyl (C=O) groups excluding carboxylic acids is 1. The first-order valence-corrected chi connectivity index (χ1v) is 6.24. The molecule has 0 aliphatic carbocycles. The summed E-state index contributed by atoms with van der Waals surface area (Å²) < 4.78 is 18.7. The van der Waals surface area contributed by atoms with Gasteiger partial charge in [-0.15, -0.1) is 0 Å². The number of halogens is 1. The molecule has 2 N–H and O–H groups in total.